The van der Waals surface area contributed by atoms with Crippen LogP contribution in [0.1, 0.15) is 31.7 Å². The van der Waals surface area contributed by atoms with E-state index in [1.165, 1.54) is 16.8 Å². The van der Waals surface area contributed by atoms with E-state index in [-0.39, 0.29) is 21.6 Å². The lowest BCUT2D eigenvalue weighted by Gasteiger charge is -2.44. The van der Waals surface area contributed by atoms with Gasteiger partial charge in [0.1, 0.15) is 4.90 Å². The van der Waals surface area contributed by atoms with Crippen LogP contribution >= 0.6 is 11.3 Å². The molecule has 1 saturated carbocycles. The Balaban J connectivity index is 1.38. The lowest BCUT2D eigenvalue weighted by molar-refractivity contribution is -0.144. The second-order valence-corrected chi connectivity index (χ2v) is 13.6. The minimum absolute atomic E-state index is 0.0375. The molecule has 2 saturated heterocycles. The van der Waals surface area contributed by atoms with Crippen molar-refractivity contribution in [1.29, 1.82) is 0 Å². The molecule has 0 bridgehead atoms. The summed E-state index contributed by atoms with van der Waals surface area (Å²) in [7, 11) is -3.95. The maximum Gasteiger partial charge on any atom is 0.445 e. The van der Waals surface area contributed by atoms with Crippen molar-refractivity contribution in [3.05, 3.63) is 23.5 Å². The van der Waals surface area contributed by atoms with Crippen molar-refractivity contribution in [3.8, 4) is 10.8 Å². The van der Waals surface area contributed by atoms with Gasteiger partial charge in [-0.2, -0.15) is 13.2 Å². The SMILES string of the molecule is CC1(NS(=O)(=O)c2cc(N3CCN(C(=O)C4(C)CNC4)CC3)c3cnc(-c4nnc(C(F)(F)F)s4)n3c2)CC1. The number of nitrogens with one attached hydrogen (secondary N) is 2. The van der Waals surface area contributed by atoms with Crippen LogP contribution in [0.2, 0.25) is 0 Å². The number of piperazine rings is 1. The summed E-state index contributed by atoms with van der Waals surface area (Å²) in [6, 6.07) is 1.56. The van der Waals surface area contributed by atoms with Crippen LogP contribution in [0.5, 0.6) is 0 Å². The van der Waals surface area contributed by atoms with E-state index in [4.69, 9.17) is 0 Å². The van der Waals surface area contributed by atoms with Crippen molar-refractivity contribution >= 4 is 38.5 Å². The van der Waals surface area contributed by atoms with Crippen molar-refractivity contribution in [2.45, 2.75) is 43.3 Å². The predicted octanol–water partition coefficient (Wildman–Crippen LogP) is 1.96. The fourth-order valence-electron chi connectivity index (χ4n) is 4.90. The Hall–Kier alpha value is -2.82. The molecule has 0 atom stereocenters. The van der Waals surface area contributed by atoms with Crippen molar-refractivity contribution in [2.24, 2.45) is 5.41 Å². The summed E-state index contributed by atoms with van der Waals surface area (Å²) in [6.07, 6.45) is -0.381. The summed E-state index contributed by atoms with van der Waals surface area (Å²) >= 11 is 0.342. The molecule has 6 rings (SSSR count). The molecule has 0 radical (unpaired) electrons. The molecule has 0 spiro atoms. The molecule has 0 aromatic carbocycles. The number of rotatable bonds is 6. The number of sulfonamides is 1. The number of hydrogen-bond donors (Lipinski definition) is 2. The zero-order valence-corrected chi connectivity index (χ0v) is 22.9. The second-order valence-electron chi connectivity index (χ2n) is 10.9. The predicted molar refractivity (Wildman–Crippen MR) is 137 cm³/mol. The zero-order valence-electron chi connectivity index (χ0n) is 21.2. The Morgan fingerprint density at radius 1 is 1.13 bits per heavy atom. The van der Waals surface area contributed by atoms with E-state index in [2.05, 4.69) is 25.2 Å². The number of hydrogen-bond acceptors (Lipinski definition) is 9. The van der Waals surface area contributed by atoms with Crippen molar-refractivity contribution in [1.82, 2.24) is 34.5 Å². The van der Waals surface area contributed by atoms with Gasteiger partial charge in [-0.15, -0.1) is 10.2 Å². The van der Waals surface area contributed by atoms with Gasteiger partial charge in [-0.3, -0.25) is 9.20 Å². The summed E-state index contributed by atoms with van der Waals surface area (Å²) in [5.41, 5.74) is 0.137. The van der Waals surface area contributed by atoms with E-state index in [0.29, 0.717) is 74.7 Å². The van der Waals surface area contributed by atoms with Crippen LogP contribution in [0.15, 0.2) is 23.4 Å². The smallest absolute Gasteiger partial charge is 0.366 e. The van der Waals surface area contributed by atoms with Gasteiger partial charge in [0.15, 0.2) is 10.8 Å². The number of amides is 1. The van der Waals surface area contributed by atoms with E-state index in [1.807, 2.05) is 23.6 Å². The van der Waals surface area contributed by atoms with Crippen LogP contribution in [-0.4, -0.2) is 83.6 Å². The number of nitrogens with zero attached hydrogens (tertiary/aromatic N) is 6. The lowest BCUT2D eigenvalue weighted by atomic mass is 9.82. The molecular weight excluding hydrogens is 557 g/mol. The highest BCUT2D eigenvalue weighted by atomic mass is 32.2. The Bertz CT molecular complexity index is 1550. The zero-order chi connectivity index (χ0) is 27.8. The Labute approximate surface area is 226 Å². The summed E-state index contributed by atoms with van der Waals surface area (Å²) in [6.45, 7) is 6.86. The van der Waals surface area contributed by atoms with Gasteiger partial charge < -0.3 is 15.1 Å². The number of anilines is 1. The standard InChI is InChI=1S/C23H27F3N8O3S2/c1-21(12-27-13-21)20(35)33-7-5-32(6-8-33)15-9-14(39(36,37)31-22(2)3-4-22)11-34-16(15)10-28-17(34)18-29-30-19(38-18)23(24,25)26/h9-11,27,31H,3-8,12-13H2,1-2H3. The lowest BCUT2D eigenvalue weighted by Crippen LogP contribution is -2.62. The number of halogens is 3. The number of carbonyl (C=O) groups excluding carboxylic acids is 1. The van der Waals surface area contributed by atoms with Crippen LogP contribution in [0.4, 0.5) is 18.9 Å². The topological polar surface area (TPSA) is 125 Å². The van der Waals surface area contributed by atoms with Gasteiger partial charge in [0.25, 0.3) is 0 Å². The third-order valence-electron chi connectivity index (χ3n) is 7.60. The Morgan fingerprint density at radius 3 is 2.38 bits per heavy atom. The minimum Gasteiger partial charge on any atom is -0.366 e. The molecule has 39 heavy (non-hydrogen) atoms. The van der Waals surface area contributed by atoms with Crippen LogP contribution in [0.25, 0.3) is 16.3 Å². The number of imidazole rings is 1. The second kappa shape index (κ2) is 8.84. The highest BCUT2D eigenvalue weighted by molar-refractivity contribution is 7.89. The van der Waals surface area contributed by atoms with Gasteiger partial charge in [0.2, 0.25) is 20.9 Å². The maximum absolute atomic E-state index is 13.4. The molecule has 210 valence electrons. The van der Waals surface area contributed by atoms with Crippen LogP contribution in [0.3, 0.4) is 0 Å². The van der Waals surface area contributed by atoms with Crippen LogP contribution < -0.4 is 14.9 Å². The molecule has 3 aromatic rings. The van der Waals surface area contributed by atoms with Crippen LogP contribution in [-0.2, 0) is 21.0 Å². The fourth-order valence-corrected chi connectivity index (χ4v) is 7.08. The molecule has 0 unspecified atom stereocenters. The van der Waals surface area contributed by atoms with Gasteiger partial charge in [-0.1, -0.05) is 11.3 Å². The van der Waals surface area contributed by atoms with E-state index >= 15 is 0 Å². The van der Waals surface area contributed by atoms with Gasteiger partial charge in [0, 0.05) is 51.0 Å². The molecule has 11 nitrogen and oxygen atoms in total. The fraction of sp³-hybridized carbons (Fsp3) is 0.565. The molecule has 5 heterocycles. The van der Waals surface area contributed by atoms with Gasteiger partial charge in [0.05, 0.1) is 22.8 Å². The highest BCUT2D eigenvalue weighted by Crippen LogP contribution is 2.38. The molecule has 16 heteroatoms. The van der Waals surface area contributed by atoms with Crippen molar-refractivity contribution in [2.75, 3.05) is 44.2 Å². The summed E-state index contributed by atoms with van der Waals surface area (Å²) in [5, 5.41) is 8.88. The van der Waals surface area contributed by atoms with E-state index in [1.54, 1.807) is 6.07 Å². The normalized spacial score (nSPS) is 20.7. The number of pyridine rings is 1. The Kier molecular flexibility index (Phi) is 5.99. The number of aromatic nitrogens is 4. The first kappa shape index (κ1) is 26.4. The molecule has 1 amide bonds. The van der Waals surface area contributed by atoms with Crippen molar-refractivity contribution in [3.63, 3.8) is 0 Å². The van der Waals surface area contributed by atoms with Gasteiger partial charge >= 0.3 is 6.18 Å². The van der Waals surface area contributed by atoms with Crippen molar-refractivity contribution < 1.29 is 26.4 Å². The van der Waals surface area contributed by atoms with Gasteiger partial charge in [-0.25, -0.2) is 18.1 Å². The number of alkyl halides is 3. The summed E-state index contributed by atoms with van der Waals surface area (Å²) in [5.74, 6) is 0.154. The molecule has 3 aliphatic rings. The van der Waals surface area contributed by atoms with Crippen LogP contribution in [0, 0.1) is 5.41 Å². The third kappa shape index (κ3) is 4.76. The first-order chi connectivity index (χ1) is 18.3. The van der Waals surface area contributed by atoms with E-state index < -0.39 is 32.2 Å². The molecule has 2 N–H and O–H groups in total. The first-order valence-corrected chi connectivity index (χ1v) is 14.8. The number of fused-ring (bicyclic) bond motifs is 1. The molecule has 1 aliphatic carbocycles. The number of carbonyl (C=O) groups is 1. The quantitative estimate of drug-likeness (QED) is 0.451. The first-order valence-electron chi connectivity index (χ1n) is 12.5. The maximum atomic E-state index is 13.4. The van der Waals surface area contributed by atoms with E-state index in [0.717, 1.165) is 0 Å². The largest absolute Gasteiger partial charge is 0.445 e. The molecule has 2 aliphatic heterocycles. The average molecular weight is 585 g/mol. The molecule has 3 aromatic heterocycles. The average Bonchev–Trinajstić information content (AvgIpc) is 3.25. The molecule has 3 fully saturated rings. The minimum atomic E-state index is -4.66. The van der Waals surface area contributed by atoms with E-state index in [9.17, 15) is 26.4 Å². The van der Waals surface area contributed by atoms with Gasteiger partial charge in [-0.05, 0) is 32.8 Å². The highest BCUT2D eigenvalue weighted by Gasteiger charge is 2.43. The third-order valence-corrected chi connectivity index (χ3v) is 10.2. The monoisotopic (exact) mass is 584 g/mol. The summed E-state index contributed by atoms with van der Waals surface area (Å²) < 4.78 is 70.5. The molecular formula is C23H27F3N8O3S2. The summed E-state index contributed by atoms with van der Waals surface area (Å²) in [4.78, 5) is 21.1. The Morgan fingerprint density at radius 2 is 1.82 bits per heavy atom.